The molecule has 0 radical (unpaired) electrons. The zero-order valence-electron chi connectivity index (χ0n) is 11.4. The molecule has 0 aliphatic rings. The van der Waals surface area contributed by atoms with Crippen LogP contribution in [0.2, 0.25) is 0 Å². The van der Waals surface area contributed by atoms with Crippen LogP contribution in [0.1, 0.15) is 19.0 Å². The number of halogens is 1. The monoisotopic (exact) mass is 339 g/mol. The van der Waals surface area contributed by atoms with Gasteiger partial charge in [-0.25, -0.2) is 4.68 Å². The second-order valence-electron chi connectivity index (χ2n) is 4.34. The lowest BCUT2D eigenvalue weighted by molar-refractivity contribution is 0.288. The van der Waals surface area contributed by atoms with Crippen LogP contribution in [0.3, 0.4) is 0 Å². The molecule has 0 aromatic carbocycles. The molecular formula is C13H18BrN5O. The molecule has 0 aliphatic carbocycles. The Morgan fingerprint density at radius 1 is 1.40 bits per heavy atom. The van der Waals surface area contributed by atoms with E-state index in [9.17, 15) is 0 Å². The van der Waals surface area contributed by atoms with Crippen molar-refractivity contribution in [1.29, 1.82) is 0 Å². The van der Waals surface area contributed by atoms with Gasteiger partial charge < -0.3 is 10.1 Å². The van der Waals surface area contributed by atoms with E-state index < -0.39 is 0 Å². The van der Waals surface area contributed by atoms with Gasteiger partial charge in [0.2, 0.25) is 0 Å². The summed E-state index contributed by atoms with van der Waals surface area (Å²) in [5.41, 5.74) is 0.947. The Balaban J connectivity index is 1.74. The van der Waals surface area contributed by atoms with E-state index in [0.29, 0.717) is 13.2 Å². The van der Waals surface area contributed by atoms with Crippen molar-refractivity contribution in [2.75, 3.05) is 13.2 Å². The molecule has 0 saturated carbocycles. The summed E-state index contributed by atoms with van der Waals surface area (Å²) in [6.45, 7) is 5.07. The van der Waals surface area contributed by atoms with Crippen LogP contribution in [0.4, 0.5) is 0 Å². The molecule has 6 nitrogen and oxygen atoms in total. The Hall–Kier alpha value is -1.47. The second kappa shape index (κ2) is 7.96. The molecule has 2 aromatic heterocycles. The number of rotatable bonds is 8. The SMILES string of the molecule is CCCNCc1cn(CCOc2cncc(Br)c2)nn1. The lowest BCUT2D eigenvalue weighted by atomic mass is 10.4. The van der Waals surface area contributed by atoms with Crippen molar-refractivity contribution >= 4 is 15.9 Å². The van der Waals surface area contributed by atoms with Crippen LogP contribution in [0.5, 0.6) is 5.75 Å². The first-order valence-electron chi connectivity index (χ1n) is 6.61. The highest BCUT2D eigenvalue weighted by Crippen LogP contribution is 2.15. The largest absolute Gasteiger partial charge is 0.490 e. The molecule has 0 spiro atoms. The van der Waals surface area contributed by atoms with Gasteiger partial charge in [0, 0.05) is 23.4 Å². The summed E-state index contributed by atoms with van der Waals surface area (Å²) in [5, 5.41) is 11.5. The summed E-state index contributed by atoms with van der Waals surface area (Å²) < 4.78 is 8.29. The van der Waals surface area contributed by atoms with Gasteiger partial charge in [-0.15, -0.1) is 5.10 Å². The molecular weight excluding hydrogens is 322 g/mol. The highest BCUT2D eigenvalue weighted by Gasteiger charge is 2.01. The summed E-state index contributed by atoms with van der Waals surface area (Å²) in [7, 11) is 0. The first kappa shape index (κ1) is 14.9. The molecule has 0 aliphatic heterocycles. The highest BCUT2D eigenvalue weighted by molar-refractivity contribution is 9.10. The molecule has 20 heavy (non-hydrogen) atoms. The maximum Gasteiger partial charge on any atom is 0.138 e. The zero-order valence-corrected chi connectivity index (χ0v) is 13.0. The normalized spacial score (nSPS) is 10.7. The third-order valence-corrected chi connectivity index (χ3v) is 3.02. The van der Waals surface area contributed by atoms with Gasteiger partial charge in [0.15, 0.2) is 0 Å². The van der Waals surface area contributed by atoms with Crippen molar-refractivity contribution in [3.05, 3.63) is 34.8 Å². The van der Waals surface area contributed by atoms with E-state index in [4.69, 9.17) is 4.74 Å². The minimum absolute atomic E-state index is 0.531. The summed E-state index contributed by atoms with van der Waals surface area (Å²) in [6, 6.07) is 1.88. The maximum atomic E-state index is 5.60. The zero-order chi connectivity index (χ0) is 14.2. The van der Waals surface area contributed by atoms with E-state index in [0.717, 1.165) is 35.4 Å². The lowest BCUT2D eigenvalue weighted by Crippen LogP contribution is -2.14. The molecule has 0 bridgehead atoms. The van der Waals surface area contributed by atoms with Crippen molar-refractivity contribution in [1.82, 2.24) is 25.3 Å². The predicted octanol–water partition coefficient (Wildman–Crippen LogP) is 2.01. The van der Waals surface area contributed by atoms with Crippen molar-refractivity contribution in [3.63, 3.8) is 0 Å². The van der Waals surface area contributed by atoms with Crippen LogP contribution in [-0.4, -0.2) is 33.1 Å². The smallest absolute Gasteiger partial charge is 0.138 e. The molecule has 7 heteroatoms. The number of nitrogens with zero attached hydrogens (tertiary/aromatic N) is 4. The van der Waals surface area contributed by atoms with Crippen molar-refractivity contribution < 1.29 is 4.74 Å². The van der Waals surface area contributed by atoms with Crippen LogP contribution in [0, 0.1) is 0 Å². The fourth-order valence-corrected chi connectivity index (χ4v) is 1.99. The van der Waals surface area contributed by atoms with E-state index in [1.165, 1.54) is 0 Å². The second-order valence-corrected chi connectivity index (χ2v) is 5.25. The number of nitrogens with one attached hydrogen (secondary N) is 1. The van der Waals surface area contributed by atoms with Crippen molar-refractivity contribution in [2.45, 2.75) is 26.4 Å². The Bertz CT molecular complexity index is 531. The van der Waals surface area contributed by atoms with Gasteiger partial charge >= 0.3 is 0 Å². The van der Waals surface area contributed by atoms with Crippen LogP contribution in [0.15, 0.2) is 29.1 Å². The molecule has 1 N–H and O–H groups in total. The molecule has 2 aromatic rings. The highest BCUT2D eigenvalue weighted by atomic mass is 79.9. The number of pyridine rings is 1. The Morgan fingerprint density at radius 3 is 3.10 bits per heavy atom. The third-order valence-electron chi connectivity index (χ3n) is 2.59. The third kappa shape index (κ3) is 4.90. The van der Waals surface area contributed by atoms with Gasteiger partial charge in [-0.05, 0) is 35.0 Å². The van der Waals surface area contributed by atoms with Gasteiger partial charge in [0.1, 0.15) is 12.4 Å². The summed E-state index contributed by atoms with van der Waals surface area (Å²) >= 11 is 3.36. The molecule has 0 atom stereocenters. The predicted molar refractivity (Wildman–Crippen MR) is 79.5 cm³/mol. The van der Waals surface area contributed by atoms with Gasteiger partial charge in [-0.1, -0.05) is 12.1 Å². The van der Waals surface area contributed by atoms with Gasteiger partial charge in [0.25, 0.3) is 0 Å². The molecule has 2 rings (SSSR count). The minimum Gasteiger partial charge on any atom is -0.490 e. The van der Waals surface area contributed by atoms with Crippen LogP contribution < -0.4 is 10.1 Å². The molecule has 0 amide bonds. The van der Waals surface area contributed by atoms with Crippen LogP contribution >= 0.6 is 15.9 Å². The van der Waals surface area contributed by atoms with E-state index in [2.05, 4.69) is 43.5 Å². The van der Waals surface area contributed by atoms with Crippen LogP contribution in [0.25, 0.3) is 0 Å². The molecule has 0 fully saturated rings. The van der Waals surface area contributed by atoms with E-state index in [1.54, 1.807) is 17.1 Å². The first-order valence-corrected chi connectivity index (χ1v) is 7.40. The molecule has 2 heterocycles. The topological polar surface area (TPSA) is 64.9 Å². The number of hydrogen-bond donors (Lipinski definition) is 1. The Morgan fingerprint density at radius 2 is 2.30 bits per heavy atom. The Labute approximate surface area is 126 Å². The van der Waals surface area contributed by atoms with E-state index >= 15 is 0 Å². The molecule has 0 saturated heterocycles. The minimum atomic E-state index is 0.531. The summed E-state index contributed by atoms with van der Waals surface area (Å²) in [6.07, 6.45) is 6.46. The number of ether oxygens (including phenoxy) is 1. The fraction of sp³-hybridized carbons (Fsp3) is 0.462. The van der Waals surface area contributed by atoms with E-state index in [1.807, 2.05) is 12.3 Å². The van der Waals surface area contributed by atoms with Crippen molar-refractivity contribution in [2.24, 2.45) is 0 Å². The number of hydrogen-bond acceptors (Lipinski definition) is 5. The quantitative estimate of drug-likeness (QED) is 0.745. The van der Waals surface area contributed by atoms with Crippen LogP contribution in [-0.2, 0) is 13.1 Å². The summed E-state index contributed by atoms with van der Waals surface area (Å²) in [5.74, 6) is 0.740. The lowest BCUT2D eigenvalue weighted by Gasteiger charge is -2.05. The first-order chi connectivity index (χ1) is 9.78. The summed E-state index contributed by atoms with van der Waals surface area (Å²) in [4.78, 5) is 4.04. The van der Waals surface area contributed by atoms with Gasteiger partial charge in [-0.3, -0.25) is 4.98 Å². The number of aromatic nitrogens is 4. The van der Waals surface area contributed by atoms with Crippen molar-refractivity contribution in [3.8, 4) is 5.75 Å². The maximum absolute atomic E-state index is 5.60. The van der Waals surface area contributed by atoms with Gasteiger partial charge in [-0.2, -0.15) is 0 Å². The molecule has 0 unspecified atom stereocenters. The Kier molecular flexibility index (Phi) is 5.94. The fourth-order valence-electron chi connectivity index (χ4n) is 1.65. The average molecular weight is 340 g/mol. The average Bonchev–Trinajstić information content (AvgIpc) is 2.87. The van der Waals surface area contributed by atoms with Gasteiger partial charge in [0.05, 0.1) is 18.4 Å². The molecule has 108 valence electrons. The standard InChI is InChI=1S/C13H18BrN5O/c1-2-3-15-8-12-10-19(18-17-12)4-5-20-13-6-11(14)7-16-9-13/h6-7,9-10,15H,2-5,8H2,1H3. The van der Waals surface area contributed by atoms with E-state index in [-0.39, 0.29) is 0 Å².